The van der Waals surface area contributed by atoms with Gasteiger partial charge in [0.25, 0.3) is 0 Å². The van der Waals surface area contributed by atoms with Gasteiger partial charge < -0.3 is 10.2 Å². The fourth-order valence-electron chi connectivity index (χ4n) is 2.83. The highest BCUT2D eigenvalue weighted by Gasteiger charge is 2.30. The van der Waals surface area contributed by atoms with Gasteiger partial charge in [-0.3, -0.25) is 4.79 Å². The Labute approximate surface area is 126 Å². The van der Waals surface area contributed by atoms with Crippen molar-refractivity contribution in [3.63, 3.8) is 0 Å². The number of amides is 1. The van der Waals surface area contributed by atoms with Gasteiger partial charge in [0.1, 0.15) is 0 Å². The minimum atomic E-state index is -0.453. The Morgan fingerprint density at radius 1 is 1.40 bits per heavy atom. The predicted octanol–water partition coefficient (Wildman–Crippen LogP) is 3.03. The lowest BCUT2D eigenvalue weighted by atomic mass is 9.91. The molecule has 1 aromatic carbocycles. The first-order valence-corrected chi connectivity index (χ1v) is 7.53. The third-order valence-electron chi connectivity index (χ3n) is 3.98. The molecular formula is C16H23ClN2O. The van der Waals surface area contributed by atoms with E-state index in [2.05, 4.69) is 17.3 Å². The molecule has 20 heavy (non-hydrogen) atoms. The van der Waals surface area contributed by atoms with Crippen molar-refractivity contribution in [2.24, 2.45) is 5.92 Å². The zero-order chi connectivity index (χ0) is 14.8. The molecule has 0 aromatic heterocycles. The summed E-state index contributed by atoms with van der Waals surface area (Å²) in [5.41, 5.74) is 0.505. The minimum absolute atomic E-state index is 0.0792. The summed E-state index contributed by atoms with van der Waals surface area (Å²) >= 11 is 6.24. The topological polar surface area (TPSA) is 32.3 Å². The van der Waals surface area contributed by atoms with Crippen LogP contribution in [-0.2, 0) is 10.3 Å². The summed E-state index contributed by atoms with van der Waals surface area (Å²) in [7, 11) is 2.07. The van der Waals surface area contributed by atoms with Crippen molar-refractivity contribution in [1.82, 2.24) is 10.2 Å². The normalized spacial score (nSPS) is 20.7. The maximum absolute atomic E-state index is 12.5. The van der Waals surface area contributed by atoms with Crippen LogP contribution in [0.1, 0.15) is 32.3 Å². The first-order chi connectivity index (χ1) is 9.40. The highest BCUT2D eigenvalue weighted by molar-refractivity contribution is 6.31. The molecule has 1 atom stereocenters. The number of rotatable bonds is 3. The molecule has 3 nitrogen and oxygen atoms in total. The molecule has 0 unspecified atom stereocenters. The number of nitrogens with zero attached hydrogens (tertiary/aromatic N) is 1. The van der Waals surface area contributed by atoms with Crippen molar-refractivity contribution in [2.45, 2.75) is 32.2 Å². The monoisotopic (exact) mass is 294 g/mol. The average molecular weight is 295 g/mol. The number of piperidine rings is 1. The number of benzene rings is 1. The van der Waals surface area contributed by atoms with Gasteiger partial charge in [-0.25, -0.2) is 0 Å². The van der Waals surface area contributed by atoms with Crippen LogP contribution in [0, 0.1) is 5.92 Å². The molecule has 1 saturated heterocycles. The summed E-state index contributed by atoms with van der Waals surface area (Å²) in [4.78, 5) is 14.7. The van der Waals surface area contributed by atoms with Gasteiger partial charge in [0.05, 0.1) is 11.5 Å². The molecule has 1 heterocycles. The van der Waals surface area contributed by atoms with Crippen LogP contribution in [0.5, 0.6) is 0 Å². The van der Waals surface area contributed by atoms with E-state index in [1.54, 1.807) is 0 Å². The van der Waals surface area contributed by atoms with Gasteiger partial charge >= 0.3 is 0 Å². The maximum Gasteiger partial charge on any atom is 0.225 e. The molecule has 1 aliphatic heterocycles. The minimum Gasteiger partial charge on any atom is -0.347 e. The van der Waals surface area contributed by atoms with E-state index in [4.69, 9.17) is 11.6 Å². The highest BCUT2D eigenvalue weighted by Crippen LogP contribution is 2.28. The average Bonchev–Trinajstić information content (AvgIpc) is 2.38. The Balaban J connectivity index is 2.08. The number of carbonyl (C=O) groups excluding carboxylic acids is 1. The van der Waals surface area contributed by atoms with E-state index in [-0.39, 0.29) is 11.8 Å². The standard InChI is InChI=1S/C16H23ClN2O/c1-16(2,13-8-4-5-9-14(13)17)18-15(20)12-7-6-10-19(3)11-12/h4-5,8-9,12H,6-7,10-11H2,1-3H3,(H,18,20)/t12-/m0/s1. The van der Waals surface area contributed by atoms with Crippen molar-refractivity contribution in [3.8, 4) is 0 Å². The van der Waals surface area contributed by atoms with Gasteiger partial charge in [-0.05, 0) is 51.9 Å². The molecule has 110 valence electrons. The molecule has 0 aliphatic carbocycles. The summed E-state index contributed by atoms with van der Waals surface area (Å²) in [6.45, 7) is 5.92. The third-order valence-corrected chi connectivity index (χ3v) is 4.31. The molecule has 0 bridgehead atoms. The molecule has 1 amide bonds. The Morgan fingerprint density at radius 2 is 2.10 bits per heavy atom. The van der Waals surface area contributed by atoms with Crippen molar-refractivity contribution >= 4 is 17.5 Å². The van der Waals surface area contributed by atoms with E-state index in [1.807, 2.05) is 38.1 Å². The van der Waals surface area contributed by atoms with Gasteiger partial charge in [0, 0.05) is 11.6 Å². The predicted molar refractivity (Wildman–Crippen MR) is 82.8 cm³/mol. The molecular weight excluding hydrogens is 272 g/mol. The zero-order valence-corrected chi connectivity index (χ0v) is 13.2. The first-order valence-electron chi connectivity index (χ1n) is 7.16. The Hall–Kier alpha value is -1.06. The van der Waals surface area contributed by atoms with Crippen molar-refractivity contribution in [1.29, 1.82) is 0 Å². The second kappa shape index (κ2) is 6.15. The van der Waals surface area contributed by atoms with Gasteiger partial charge in [-0.2, -0.15) is 0 Å². The third kappa shape index (κ3) is 3.53. The van der Waals surface area contributed by atoms with E-state index >= 15 is 0 Å². The summed E-state index contributed by atoms with van der Waals surface area (Å²) in [5, 5.41) is 3.85. The maximum atomic E-state index is 12.5. The molecule has 0 saturated carbocycles. The molecule has 0 spiro atoms. The second-order valence-corrected chi connectivity index (χ2v) is 6.60. The van der Waals surface area contributed by atoms with Crippen LogP contribution in [0.15, 0.2) is 24.3 Å². The quantitative estimate of drug-likeness (QED) is 0.929. The highest BCUT2D eigenvalue weighted by atomic mass is 35.5. The molecule has 1 aliphatic rings. The van der Waals surface area contributed by atoms with Crippen LogP contribution in [0.25, 0.3) is 0 Å². The number of hydrogen-bond donors (Lipinski definition) is 1. The zero-order valence-electron chi connectivity index (χ0n) is 12.4. The second-order valence-electron chi connectivity index (χ2n) is 6.20. The van der Waals surface area contributed by atoms with E-state index in [0.29, 0.717) is 5.02 Å². The molecule has 1 fully saturated rings. The van der Waals surface area contributed by atoms with Gasteiger partial charge in [0.15, 0.2) is 0 Å². The lowest BCUT2D eigenvalue weighted by Crippen LogP contribution is -2.48. The van der Waals surface area contributed by atoms with Crippen LogP contribution in [0.2, 0.25) is 5.02 Å². The molecule has 0 radical (unpaired) electrons. The van der Waals surface area contributed by atoms with Gasteiger partial charge in [-0.1, -0.05) is 29.8 Å². The molecule has 1 N–H and O–H groups in total. The lowest BCUT2D eigenvalue weighted by molar-refractivity contribution is -0.128. The largest absolute Gasteiger partial charge is 0.347 e. The van der Waals surface area contributed by atoms with Crippen LogP contribution in [0.3, 0.4) is 0 Å². The van der Waals surface area contributed by atoms with Crippen LogP contribution >= 0.6 is 11.6 Å². The van der Waals surface area contributed by atoms with Crippen molar-refractivity contribution in [2.75, 3.05) is 20.1 Å². The van der Waals surface area contributed by atoms with Crippen molar-refractivity contribution < 1.29 is 4.79 Å². The first kappa shape index (κ1) is 15.3. The Bertz CT molecular complexity index is 487. The molecule has 4 heteroatoms. The van der Waals surface area contributed by atoms with E-state index in [9.17, 15) is 4.79 Å². The van der Waals surface area contributed by atoms with E-state index in [0.717, 1.165) is 31.5 Å². The van der Waals surface area contributed by atoms with E-state index in [1.165, 1.54) is 0 Å². The lowest BCUT2D eigenvalue weighted by Gasteiger charge is -2.33. The number of nitrogens with one attached hydrogen (secondary N) is 1. The Kier molecular flexibility index (Phi) is 4.71. The smallest absolute Gasteiger partial charge is 0.225 e. The fourth-order valence-corrected chi connectivity index (χ4v) is 3.20. The fraction of sp³-hybridized carbons (Fsp3) is 0.562. The Morgan fingerprint density at radius 3 is 2.75 bits per heavy atom. The van der Waals surface area contributed by atoms with Gasteiger partial charge in [-0.15, -0.1) is 0 Å². The molecule has 2 rings (SSSR count). The van der Waals surface area contributed by atoms with Crippen LogP contribution < -0.4 is 5.32 Å². The summed E-state index contributed by atoms with van der Waals surface area (Å²) in [6, 6.07) is 7.68. The van der Waals surface area contributed by atoms with Crippen molar-refractivity contribution in [3.05, 3.63) is 34.9 Å². The number of carbonyl (C=O) groups is 1. The molecule has 1 aromatic rings. The number of hydrogen-bond acceptors (Lipinski definition) is 2. The summed E-state index contributed by atoms with van der Waals surface area (Å²) in [5.74, 6) is 0.206. The summed E-state index contributed by atoms with van der Waals surface area (Å²) < 4.78 is 0. The number of likely N-dealkylation sites (tertiary alicyclic amines) is 1. The van der Waals surface area contributed by atoms with Crippen LogP contribution in [-0.4, -0.2) is 30.9 Å². The van der Waals surface area contributed by atoms with Gasteiger partial charge in [0.2, 0.25) is 5.91 Å². The van der Waals surface area contributed by atoms with Crippen LogP contribution in [0.4, 0.5) is 0 Å². The summed E-state index contributed by atoms with van der Waals surface area (Å²) in [6.07, 6.45) is 2.05. The SMILES string of the molecule is CN1CCC[C@H](C(=O)NC(C)(C)c2ccccc2Cl)C1. The number of halogens is 1. The van der Waals surface area contributed by atoms with E-state index < -0.39 is 5.54 Å².